The van der Waals surface area contributed by atoms with E-state index < -0.39 is 0 Å². The van der Waals surface area contributed by atoms with Crippen LogP contribution in [0.2, 0.25) is 0 Å². The molecule has 1 aliphatic heterocycles. The molecule has 1 aliphatic rings. The van der Waals surface area contributed by atoms with Crippen LogP contribution >= 0.6 is 0 Å². The van der Waals surface area contributed by atoms with E-state index in [1.165, 1.54) is 0 Å². The van der Waals surface area contributed by atoms with E-state index in [4.69, 9.17) is 10.4 Å². The summed E-state index contributed by atoms with van der Waals surface area (Å²) in [6.45, 7) is 3.23. The van der Waals surface area contributed by atoms with Gasteiger partial charge in [-0.15, -0.1) is 0 Å². The maximum atomic E-state index is 8.94. The van der Waals surface area contributed by atoms with Crippen LogP contribution in [0, 0.1) is 17.2 Å². The Morgan fingerprint density at radius 3 is 3.08 bits per heavy atom. The zero-order valence-electron chi connectivity index (χ0n) is 7.37. The maximum absolute atomic E-state index is 8.94. The molecule has 1 saturated heterocycles. The molecule has 68 valence electrons. The van der Waals surface area contributed by atoms with Crippen molar-refractivity contribution in [1.29, 1.82) is 5.26 Å². The van der Waals surface area contributed by atoms with Gasteiger partial charge in [-0.2, -0.15) is 5.26 Å². The zero-order valence-corrected chi connectivity index (χ0v) is 7.37. The lowest BCUT2D eigenvalue weighted by molar-refractivity contribution is 0.122. The van der Waals surface area contributed by atoms with E-state index in [-0.39, 0.29) is 0 Å². The lowest BCUT2D eigenvalue weighted by Crippen LogP contribution is -2.37. The van der Waals surface area contributed by atoms with Gasteiger partial charge in [0.2, 0.25) is 0 Å². The molecule has 1 rings (SSSR count). The molecule has 1 heterocycles. The van der Waals surface area contributed by atoms with Gasteiger partial charge >= 0.3 is 0 Å². The number of hydrogen-bond acceptors (Lipinski definition) is 3. The number of piperidine rings is 1. The van der Waals surface area contributed by atoms with Crippen molar-refractivity contribution in [3.8, 4) is 6.07 Å². The molecule has 0 aromatic carbocycles. The van der Waals surface area contributed by atoms with E-state index in [9.17, 15) is 0 Å². The van der Waals surface area contributed by atoms with Crippen LogP contribution in [0.1, 0.15) is 19.3 Å². The fraction of sp³-hybridized carbons (Fsp3) is 0.889. The summed E-state index contributed by atoms with van der Waals surface area (Å²) in [6.07, 6.45) is 2.91. The van der Waals surface area contributed by atoms with Gasteiger partial charge in [-0.05, 0) is 25.3 Å². The number of aliphatic hydroxyl groups excluding tert-OH is 1. The first-order valence-corrected chi connectivity index (χ1v) is 4.57. The Labute approximate surface area is 73.6 Å². The standard InChI is InChI=1S/C9H16N2O/c10-4-2-6-11-5-1-3-9(7-11)8-12/h9,12H,1-3,5-8H2/t9-/m1/s1. The molecule has 0 unspecified atom stereocenters. The minimum absolute atomic E-state index is 0.295. The van der Waals surface area contributed by atoms with Crippen molar-refractivity contribution < 1.29 is 5.11 Å². The third-order valence-electron chi connectivity index (χ3n) is 2.40. The van der Waals surface area contributed by atoms with Gasteiger partial charge in [-0.25, -0.2) is 0 Å². The molecule has 0 saturated carbocycles. The molecule has 0 amide bonds. The molecule has 0 bridgehead atoms. The molecule has 1 atom stereocenters. The highest BCUT2D eigenvalue weighted by Gasteiger charge is 2.18. The average molecular weight is 168 g/mol. The fourth-order valence-electron chi connectivity index (χ4n) is 1.71. The Morgan fingerprint density at radius 2 is 2.42 bits per heavy atom. The van der Waals surface area contributed by atoms with E-state index in [1.807, 2.05) is 0 Å². The van der Waals surface area contributed by atoms with Gasteiger partial charge in [-0.3, -0.25) is 0 Å². The Kier molecular flexibility index (Phi) is 4.06. The van der Waals surface area contributed by atoms with Gasteiger partial charge in [0.05, 0.1) is 6.07 Å². The number of hydrogen-bond donors (Lipinski definition) is 1. The van der Waals surface area contributed by atoms with Crippen LogP contribution in [-0.2, 0) is 0 Å². The SMILES string of the molecule is N#CCCN1CCC[C@@H](CO)C1. The number of aliphatic hydroxyl groups is 1. The molecule has 3 heteroatoms. The highest BCUT2D eigenvalue weighted by molar-refractivity contribution is 4.77. The van der Waals surface area contributed by atoms with E-state index in [2.05, 4.69) is 11.0 Å². The van der Waals surface area contributed by atoms with Crippen LogP contribution < -0.4 is 0 Å². The summed E-state index contributed by atoms with van der Waals surface area (Å²) < 4.78 is 0. The van der Waals surface area contributed by atoms with Crippen molar-refractivity contribution in [1.82, 2.24) is 4.90 Å². The second-order valence-corrected chi connectivity index (χ2v) is 3.40. The molecule has 1 N–H and O–H groups in total. The molecule has 0 spiro atoms. The smallest absolute Gasteiger partial charge is 0.0635 e. The number of likely N-dealkylation sites (tertiary alicyclic amines) is 1. The molecular formula is C9H16N2O. The first kappa shape index (κ1) is 9.50. The molecule has 1 fully saturated rings. The van der Waals surface area contributed by atoms with Gasteiger partial charge in [0.15, 0.2) is 0 Å². The summed E-state index contributed by atoms with van der Waals surface area (Å²) >= 11 is 0. The topological polar surface area (TPSA) is 47.3 Å². The third-order valence-corrected chi connectivity index (χ3v) is 2.40. The highest BCUT2D eigenvalue weighted by Crippen LogP contribution is 2.15. The summed E-state index contributed by atoms with van der Waals surface area (Å²) in [5, 5.41) is 17.3. The number of nitriles is 1. The predicted molar refractivity (Wildman–Crippen MR) is 46.5 cm³/mol. The maximum Gasteiger partial charge on any atom is 0.0635 e. The fourth-order valence-corrected chi connectivity index (χ4v) is 1.71. The van der Waals surface area contributed by atoms with Crippen molar-refractivity contribution in [2.75, 3.05) is 26.2 Å². The Bertz CT molecular complexity index is 164. The van der Waals surface area contributed by atoms with Crippen molar-refractivity contribution in [3.63, 3.8) is 0 Å². The van der Waals surface area contributed by atoms with E-state index >= 15 is 0 Å². The normalized spacial score (nSPS) is 25.2. The van der Waals surface area contributed by atoms with E-state index in [0.29, 0.717) is 18.9 Å². The van der Waals surface area contributed by atoms with E-state index in [1.54, 1.807) is 0 Å². The second-order valence-electron chi connectivity index (χ2n) is 3.40. The van der Waals surface area contributed by atoms with Gasteiger partial charge in [0.1, 0.15) is 0 Å². The summed E-state index contributed by atoms with van der Waals surface area (Å²) in [7, 11) is 0. The molecule has 3 nitrogen and oxygen atoms in total. The van der Waals surface area contributed by atoms with Crippen LogP contribution in [0.4, 0.5) is 0 Å². The second kappa shape index (κ2) is 5.13. The predicted octanol–water partition coefficient (Wildman–Crippen LogP) is 0.604. The first-order valence-electron chi connectivity index (χ1n) is 4.57. The number of rotatable bonds is 3. The molecule has 0 aromatic rings. The van der Waals surface area contributed by atoms with Gasteiger partial charge in [0.25, 0.3) is 0 Å². The van der Waals surface area contributed by atoms with Crippen molar-refractivity contribution in [3.05, 3.63) is 0 Å². The van der Waals surface area contributed by atoms with Crippen LogP contribution in [0.15, 0.2) is 0 Å². The Balaban J connectivity index is 2.22. The van der Waals surface area contributed by atoms with Gasteiger partial charge in [-0.1, -0.05) is 0 Å². The summed E-state index contributed by atoms with van der Waals surface area (Å²) in [4.78, 5) is 2.27. The quantitative estimate of drug-likeness (QED) is 0.671. The van der Waals surface area contributed by atoms with Crippen LogP contribution in [0.3, 0.4) is 0 Å². The summed E-state index contributed by atoms with van der Waals surface area (Å²) in [5.41, 5.74) is 0. The van der Waals surface area contributed by atoms with Gasteiger partial charge in [0, 0.05) is 26.1 Å². The van der Waals surface area contributed by atoms with Crippen molar-refractivity contribution >= 4 is 0 Å². The zero-order chi connectivity index (χ0) is 8.81. The van der Waals surface area contributed by atoms with Crippen LogP contribution in [-0.4, -0.2) is 36.2 Å². The first-order chi connectivity index (χ1) is 5.86. The van der Waals surface area contributed by atoms with Crippen molar-refractivity contribution in [2.45, 2.75) is 19.3 Å². The minimum atomic E-state index is 0.295. The molecule has 12 heavy (non-hydrogen) atoms. The van der Waals surface area contributed by atoms with Crippen molar-refractivity contribution in [2.24, 2.45) is 5.92 Å². The highest BCUT2D eigenvalue weighted by atomic mass is 16.3. The number of nitrogens with zero attached hydrogens (tertiary/aromatic N) is 2. The Morgan fingerprint density at radius 1 is 1.58 bits per heavy atom. The largest absolute Gasteiger partial charge is 0.396 e. The lowest BCUT2D eigenvalue weighted by atomic mass is 9.99. The molecule has 0 radical (unpaired) electrons. The monoisotopic (exact) mass is 168 g/mol. The molecule has 0 aliphatic carbocycles. The Hall–Kier alpha value is -0.590. The van der Waals surface area contributed by atoms with E-state index in [0.717, 1.165) is 32.5 Å². The van der Waals surface area contributed by atoms with Crippen LogP contribution in [0.5, 0.6) is 0 Å². The summed E-state index contributed by atoms with van der Waals surface area (Å²) in [6, 6.07) is 2.14. The lowest BCUT2D eigenvalue weighted by Gasteiger charge is -2.30. The molecular weight excluding hydrogens is 152 g/mol. The molecule has 0 aromatic heterocycles. The average Bonchev–Trinajstić information content (AvgIpc) is 2.15. The third kappa shape index (κ3) is 2.80. The van der Waals surface area contributed by atoms with Crippen LogP contribution in [0.25, 0.3) is 0 Å². The van der Waals surface area contributed by atoms with Gasteiger partial charge < -0.3 is 10.0 Å². The summed E-state index contributed by atoms with van der Waals surface area (Å²) in [5.74, 6) is 0.442. The minimum Gasteiger partial charge on any atom is -0.396 e.